The third kappa shape index (κ3) is 3.85. The molecule has 1 aliphatic heterocycles. The number of halogens is 2. The first-order valence-corrected chi connectivity index (χ1v) is 10.3. The van der Waals surface area contributed by atoms with E-state index < -0.39 is 0 Å². The normalized spacial score (nSPS) is 15.5. The van der Waals surface area contributed by atoms with E-state index in [1.165, 1.54) is 0 Å². The molecule has 3 aromatic carbocycles. The highest BCUT2D eigenvalue weighted by atomic mass is 35.5. The highest BCUT2D eigenvalue weighted by Gasteiger charge is 2.34. The molecule has 0 N–H and O–H groups in total. The van der Waals surface area contributed by atoms with Crippen molar-refractivity contribution in [3.05, 3.63) is 93.0 Å². The van der Waals surface area contributed by atoms with Gasteiger partial charge in [0, 0.05) is 22.2 Å². The van der Waals surface area contributed by atoms with Gasteiger partial charge in [-0.3, -0.25) is 4.79 Å². The summed E-state index contributed by atoms with van der Waals surface area (Å²) in [4.78, 5) is 15.3. The van der Waals surface area contributed by atoms with Crippen molar-refractivity contribution in [1.29, 1.82) is 0 Å². The van der Waals surface area contributed by atoms with E-state index in [0.29, 0.717) is 40.1 Å². The van der Waals surface area contributed by atoms with Crippen LogP contribution in [0, 0.1) is 0 Å². The molecule has 6 heteroatoms. The average Bonchev–Trinajstić information content (AvgIpc) is 2.77. The number of amides is 1. The van der Waals surface area contributed by atoms with Crippen molar-refractivity contribution in [3.63, 3.8) is 0 Å². The van der Waals surface area contributed by atoms with Gasteiger partial charge in [0.1, 0.15) is 0 Å². The van der Waals surface area contributed by atoms with Gasteiger partial charge in [-0.1, -0.05) is 35.3 Å². The lowest BCUT2D eigenvalue weighted by atomic mass is 9.87. The van der Waals surface area contributed by atoms with Crippen LogP contribution in [0.15, 0.2) is 60.7 Å². The third-order valence-electron chi connectivity index (χ3n) is 5.39. The lowest BCUT2D eigenvalue weighted by molar-refractivity contribution is 0.0694. The summed E-state index contributed by atoms with van der Waals surface area (Å²) in [5.74, 6) is 1.25. The Balaban J connectivity index is 1.85. The molecule has 154 valence electrons. The molecule has 0 fully saturated rings. The fraction of sp³-hybridized carbons (Fsp3) is 0.208. The van der Waals surface area contributed by atoms with Gasteiger partial charge in [0.25, 0.3) is 5.91 Å². The Bertz CT molecular complexity index is 1080. The summed E-state index contributed by atoms with van der Waals surface area (Å²) >= 11 is 12.3. The fourth-order valence-electron chi connectivity index (χ4n) is 3.96. The maximum absolute atomic E-state index is 13.5. The van der Waals surface area contributed by atoms with Crippen LogP contribution in [0.5, 0.6) is 11.5 Å². The minimum atomic E-state index is -0.296. The van der Waals surface area contributed by atoms with Gasteiger partial charge in [-0.05, 0) is 71.6 Å². The molecule has 3 aromatic rings. The van der Waals surface area contributed by atoms with E-state index in [9.17, 15) is 4.79 Å². The number of methoxy groups -OCH3 is 2. The van der Waals surface area contributed by atoms with E-state index >= 15 is 0 Å². The molecular weight excluding hydrogens is 421 g/mol. The standard InChI is InChI=1S/C24H21Cl2NO3/c1-29-21-13-16-10-11-27(24(28)15-6-8-18(25)9-7-15)23(20(16)14-22(21)30-2)17-4-3-5-19(26)12-17/h3-9,12-14,23H,10-11H2,1-2H3/t23-/m0/s1. The van der Waals surface area contributed by atoms with E-state index in [2.05, 4.69) is 0 Å². The first-order valence-electron chi connectivity index (χ1n) is 9.58. The van der Waals surface area contributed by atoms with E-state index in [1.807, 2.05) is 41.3 Å². The van der Waals surface area contributed by atoms with Crippen molar-refractivity contribution in [2.45, 2.75) is 12.5 Å². The van der Waals surface area contributed by atoms with Crippen molar-refractivity contribution in [2.75, 3.05) is 20.8 Å². The number of nitrogens with zero attached hydrogens (tertiary/aromatic N) is 1. The third-order valence-corrected chi connectivity index (χ3v) is 5.88. The van der Waals surface area contributed by atoms with Crippen LogP contribution in [0.3, 0.4) is 0 Å². The minimum Gasteiger partial charge on any atom is -0.493 e. The Morgan fingerprint density at radius 2 is 1.63 bits per heavy atom. The number of carbonyl (C=O) groups is 1. The van der Waals surface area contributed by atoms with Crippen LogP contribution in [0.4, 0.5) is 0 Å². The van der Waals surface area contributed by atoms with Gasteiger partial charge in [-0.15, -0.1) is 0 Å². The highest BCUT2D eigenvalue weighted by Crippen LogP contribution is 2.42. The molecule has 0 aromatic heterocycles. The number of ether oxygens (including phenoxy) is 2. The van der Waals surface area contributed by atoms with Crippen molar-refractivity contribution in [2.24, 2.45) is 0 Å². The predicted molar refractivity (Wildman–Crippen MR) is 119 cm³/mol. The second-order valence-electron chi connectivity index (χ2n) is 7.12. The largest absolute Gasteiger partial charge is 0.493 e. The molecule has 0 unspecified atom stereocenters. The van der Waals surface area contributed by atoms with Crippen molar-refractivity contribution in [1.82, 2.24) is 4.90 Å². The summed E-state index contributed by atoms with van der Waals surface area (Å²) in [6.07, 6.45) is 0.714. The summed E-state index contributed by atoms with van der Waals surface area (Å²) in [6, 6.07) is 18.3. The van der Waals surface area contributed by atoms with E-state index in [0.717, 1.165) is 16.7 Å². The minimum absolute atomic E-state index is 0.0583. The zero-order chi connectivity index (χ0) is 21.3. The lowest BCUT2D eigenvalue weighted by Crippen LogP contribution is -2.40. The Hall–Kier alpha value is -2.69. The van der Waals surface area contributed by atoms with Gasteiger partial charge < -0.3 is 14.4 Å². The van der Waals surface area contributed by atoms with Crippen LogP contribution >= 0.6 is 23.2 Å². The Kier molecular flexibility index (Phi) is 5.89. The monoisotopic (exact) mass is 441 g/mol. The molecule has 0 saturated carbocycles. The summed E-state index contributed by atoms with van der Waals surface area (Å²) in [5.41, 5.74) is 3.66. The first kappa shape index (κ1) is 20.6. The number of rotatable bonds is 4. The molecule has 30 heavy (non-hydrogen) atoms. The Labute approximate surface area is 185 Å². The molecule has 0 saturated heterocycles. The topological polar surface area (TPSA) is 38.8 Å². The van der Waals surface area contributed by atoms with Crippen LogP contribution < -0.4 is 9.47 Å². The number of benzene rings is 3. The van der Waals surface area contributed by atoms with Gasteiger partial charge in [-0.2, -0.15) is 0 Å². The van der Waals surface area contributed by atoms with Crippen LogP contribution in [0.2, 0.25) is 10.0 Å². The molecule has 1 amide bonds. The second-order valence-corrected chi connectivity index (χ2v) is 7.99. The zero-order valence-corrected chi connectivity index (χ0v) is 18.2. The van der Waals surface area contributed by atoms with Crippen molar-refractivity contribution >= 4 is 29.1 Å². The zero-order valence-electron chi connectivity index (χ0n) is 16.7. The number of hydrogen-bond donors (Lipinski definition) is 0. The maximum Gasteiger partial charge on any atom is 0.254 e. The maximum atomic E-state index is 13.5. The molecule has 1 atom stereocenters. The molecule has 0 aliphatic carbocycles. The van der Waals surface area contributed by atoms with Gasteiger partial charge in [0.2, 0.25) is 0 Å². The summed E-state index contributed by atoms with van der Waals surface area (Å²) < 4.78 is 11.0. The molecule has 1 aliphatic rings. The molecule has 0 radical (unpaired) electrons. The summed E-state index contributed by atoms with van der Waals surface area (Å²) in [6.45, 7) is 0.571. The average molecular weight is 442 g/mol. The lowest BCUT2D eigenvalue weighted by Gasteiger charge is -2.38. The summed E-state index contributed by atoms with van der Waals surface area (Å²) in [7, 11) is 3.23. The van der Waals surface area contributed by atoms with Crippen molar-refractivity contribution < 1.29 is 14.3 Å². The van der Waals surface area contributed by atoms with E-state index in [4.69, 9.17) is 32.7 Å². The quantitative estimate of drug-likeness (QED) is 0.513. The SMILES string of the molecule is COc1cc2c(cc1OC)[C@H](c1cccc(Cl)c1)N(C(=O)c1ccc(Cl)cc1)CC2. The molecule has 0 bridgehead atoms. The van der Waals surface area contributed by atoms with Gasteiger partial charge in [-0.25, -0.2) is 0 Å². The Morgan fingerprint density at radius 1 is 0.933 bits per heavy atom. The van der Waals surface area contributed by atoms with Crippen LogP contribution in [-0.2, 0) is 6.42 Å². The second kappa shape index (κ2) is 8.58. The summed E-state index contributed by atoms with van der Waals surface area (Å²) in [5, 5.41) is 1.22. The Morgan fingerprint density at radius 3 is 2.30 bits per heavy atom. The van der Waals surface area contributed by atoms with Gasteiger partial charge in [0.15, 0.2) is 11.5 Å². The first-order chi connectivity index (χ1) is 14.5. The molecule has 4 nitrogen and oxygen atoms in total. The van der Waals surface area contributed by atoms with Crippen molar-refractivity contribution in [3.8, 4) is 11.5 Å². The smallest absolute Gasteiger partial charge is 0.254 e. The van der Waals surface area contributed by atoms with E-state index in [1.54, 1.807) is 38.5 Å². The molecular formula is C24H21Cl2NO3. The highest BCUT2D eigenvalue weighted by molar-refractivity contribution is 6.31. The van der Waals surface area contributed by atoms with Crippen LogP contribution in [0.25, 0.3) is 0 Å². The molecule has 1 heterocycles. The molecule has 4 rings (SSSR count). The van der Waals surface area contributed by atoms with E-state index in [-0.39, 0.29) is 11.9 Å². The number of hydrogen-bond acceptors (Lipinski definition) is 3. The number of fused-ring (bicyclic) bond motifs is 1. The van der Waals surface area contributed by atoms with Crippen LogP contribution in [-0.4, -0.2) is 31.6 Å². The predicted octanol–water partition coefficient (Wildman–Crippen LogP) is 5.80. The number of carbonyl (C=O) groups excluding carboxylic acids is 1. The molecule has 0 spiro atoms. The fourth-order valence-corrected chi connectivity index (χ4v) is 4.28. The van der Waals surface area contributed by atoms with Gasteiger partial charge in [0.05, 0.1) is 20.3 Å². The van der Waals surface area contributed by atoms with Gasteiger partial charge >= 0.3 is 0 Å². The van der Waals surface area contributed by atoms with Crippen LogP contribution in [0.1, 0.15) is 33.1 Å².